The number of carbonyl (C=O) groups is 1. The van der Waals surface area contributed by atoms with Crippen molar-refractivity contribution in [2.45, 2.75) is 51.5 Å². The SMILES string of the molecule is CC(C)(C)CC(CO)NC(=O)C1(c2ccc(F)cc2)CC1. The van der Waals surface area contributed by atoms with E-state index in [1.807, 2.05) is 0 Å². The number of rotatable bonds is 5. The number of aliphatic hydroxyl groups is 1. The third-order valence-corrected chi connectivity index (χ3v) is 4.00. The average molecular weight is 293 g/mol. The van der Waals surface area contributed by atoms with Gasteiger partial charge in [-0.25, -0.2) is 4.39 Å². The van der Waals surface area contributed by atoms with Crippen LogP contribution in [0.2, 0.25) is 0 Å². The van der Waals surface area contributed by atoms with Crippen molar-refractivity contribution in [1.82, 2.24) is 5.32 Å². The standard InChI is InChI=1S/C17H24FNO2/c1-16(2,3)10-14(11-20)19-15(21)17(8-9-17)12-4-6-13(18)7-5-12/h4-7,14,20H,8-11H2,1-3H3,(H,19,21). The zero-order chi connectivity index (χ0) is 15.7. The van der Waals surface area contributed by atoms with Crippen LogP contribution in [0.1, 0.15) is 45.6 Å². The minimum Gasteiger partial charge on any atom is -0.394 e. The van der Waals surface area contributed by atoms with E-state index in [0.29, 0.717) is 0 Å². The highest BCUT2D eigenvalue weighted by Crippen LogP contribution is 2.48. The molecule has 1 aliphatic carbocycles. The fourth-order valence-corrected chi connectivity index (χ4v) is 2.76. The van der Waals surface area contributed by atoms with E-state index in [0.717, 1.165) is 24.8 Å². The van der Waals surface area contributed by atoms with Gasteiger partial charge < -0.3 is 10.4 Å². The Morgan fingerprint density at radius 1 is 1.33 bits per heavy atom. The molecule has 1 atom stereocenters. The van der Waals surface area contributed by atoms with Gasteiger partial charge in [-0.2, -0.15) is 0 Å². The summed E-state index contributed by atoms with van der Waals surface area (Å²) >= 11 is 0. The molecular weight excluding hydrogens is 269 g/mol. The Bertz CT molecular complexity index is 501. The van der Waals surface area contributed by atoms with Crippen LogP contribution in [0.25, 0.3) is 0 Å². The molecule has 1 saturated carbocycles. The number of hydrogen-bond donors (Lipinski definition) is 2. The molecule has 1 aromatic carbocycles. The molecule has 21 heavy (non-hydrogen) atoms. The van der Waals surface area contributed by atoms with E-state index in [-0.39, 0.29) is 29.8 Å². The van der Waals surface area contributed by atoms with Crippen LogP contribution in [-0.2, 0) is 10.2 Å². The topological polar surface area (TPSA) is 49.3 Å². The van der Waals surface area contributed by atoms with Crippen molar-refractivity contribution in [2.75, 3.05) is 6.61 Å². The summed E-state index contributed by atoms with van der Waals surface area (Å²) in [6.07, 6.45) is 2.27. The molecule has 0 saturated heterocycles. The maximum atomic E-state index is 13.0. The maximum absolute atomic E-state index is 13.0. The molecule has 2 N–H and O–H groups in total. The summed E-state index contributed by atoms with van der Waals surface area (Å²) in [6.45, 7) is 6.17. The molecule has 0 radical (unpaired) electrons. The zero-order valence-electron chi connectivity index (χ0n) is 12.9. The van der Waals surface area contributed by atoms with Crippen LogP contribution in [0.4, 0.5) is 4.39 Å². The number of hydrogen-bond acceptors (Lipinski definition) is 2. The first-order valence-corrected chi connectivity index (χ1v) is 7.45. The van der Waals surface area contributed by atoms with Crippen molar-refractivity contribution < 1.29 is 14.3 Å². The highest BCUT2D eigenvalue weighted by molar-refractivity contribution is 5.91. The summed E-state index contributed by atoms with van der Waals surface area (Å²) in [6, 6.07) is 5.90. The van der Waals surface area contributed by atoms with Crippen molar-refractivity contribution in [3.8, 4) is 0 Å². The Balaban J connectivity index is 2.07. The molecule has 1 aliphatic rings. The molecule has 0 aliphatic heterocycles. The van der Waals surface area contributed by atoms with Crippen LogP contribution in [-0.4, -0.2) is 23.7 Å². The molecule has 1 amide bonds. The molecule has 4 heteroatoms. The van der Waals surface area contributed by atoms with E-state index in [4.69, 9.17) is 0 Å². The quantitative estimate of drug-likeness (QED) is 0.877. The number of nitrogens with one attached hydrogen (secondary N) is 1. The first-order valence-electron chi connectivity index (χ1n) is 7.45. The lowest BCUT2D eigenvalue weighted by molar-refractivity contribution is -0.124. The summed E-state index contributed by atoms with van der Waals surface area (Å²) in [4.78, 5) is 12.6. The van der Waals surface area contributed by atoms with Gasteiger partial charge in [0, 0.05) is 0 Å². The molecule has 2 rings (SSSR count). The molecular formula is C17H24FNO2. The van der Waals surface area contributed by atoms with Gasteiger partial charge in [0.15, 0.2) is 0 Å². The number of aliphatic hydroxyl groups excluding tert-OH is 1. The Labute approximate surface area is 125 Å². The van der Waals surface area contributed by atoms with E-state index in [2.05, 4.69) is 26.1 Å². The molecule has 0 bridgehead atoms. The smallest absolute Gasteiger partial charge is 0.230 e. The van der Waals surface area contributed by atoms with Crippen molar-refractivity contribution >= 4 is 5.91 Å². The predicted molar refractivity (Wildman–Crippen MR) is 80.4 cm³/mol. The maximum Gasteiger partial charge on any atom is 0.230 e. The zero-order valence-corrected chi connectivity index (χ0v) is 12.9. The fraction of sp³-hybridized carbons (Fsp3) is 0.588. The summed E-state index contributed by atoms with van der Waals surface area (Å²) in [5.74, 6) is -0.353. The molecule has 1 fully saturated rings. The van der Waals surface area contributed by atoms with E-state index in [9.17, 15) is 14.3 Å². The predicted octanol–water partition coefficient (Wildman–Crippen LogP) is 2.77. The Morgan fingerprint density at radius 2 is 1.90 bits per heavy atom. The monoisotopic (exact) mass is 293 g/mol. The first kappa shape index (κ1) is 16.0. The van der Waals surface area contributed by atoms with Crippen molar-refractivity contribution in [1.29, 1.82) is 0 Å². The summed E-state index contributed by atoms with van der Waals surface area (Å²) in [5.41, 5.74) is 0.362. The van der Waals surface area contributed by atoms with Crippen LogP contribution < -0.4 is 5.32 Å². The Hall–Kier alpha value is -1.42. The van der Waals surface area contributed by atoms with E-state index in [1.54, 1.807) is 12.1 Å². The van der Waals surface area contributed by atoms with Gasteiger partial charge in [0.25, 0.3) is 0 Å². The summed E-state index contributed by atoms with van der Waals surface area (Å²) in [5, 5.41) is 12.4. The lowest BCUT2D eigenvalue weighted by Gasteiger charge is -2.27. The summed E-state index contributed by atoms with van der Waals surface area (Å²) < 4.78 is 13.0. The largest absolute Gasteiger partial charge is 0.394 e. The molecule has 116 valence electrons. The fourth-order valence-electron chi connectivity index (χ4n) is 2.76. The number of amides is 1. The second kappa shape index (κ2) is 5.76. The minimum absolute atomic E-state index is 0.0350. The highest BCUT2D eigenvalue weighted by atomic mass is 19.1. The van der Waals surface area contributed by atoms with Crippen LogP contribution >= 0.6 is 0 Å². The average Bonchev–Trinajstić information content (AvgIpc) is 3.18. The van der Waals surface area contributed by atoms with Crippen LogP contribution in [0.3, 0.4) is 0 Å². The number of halogens is 1. The molecule has 0 spiro atoms. The third kappa shape index (κ3) is 3.82. The molecule has 1 aromatic rings. The highest BCUT2D eigenvalue weighted by Gasteiger charge is 2.51. The van der Waals surface area contributed by atoms with Crippen molar-refractivity contribution in [3.63, 3.8) is 0 Å². The van der Waals surface area contributed by atoms with Crippen LogP contribution in [0.15, 0.2) is 24.3 Å². The van der Waals surface area contributed by atoms with E-state index >= 15 is 0 Å². The van der Waals surface area contributed by atoms with Gasteiger partial charge in [0.1, 0.15) is 5.82 Å². The van der Waals surface area contributed by atoms with Crippen LogP contribution in [0.5, 0.6) is 0 Å². The molecule has 0 aromatic heterocycles. The molecule has 3 nitrogen and oxygen atoms in total. The van der Waals surface area contributed by atoms with Gasteiger partial charge in [0.05, 0.1) is 18.1 Å². The van der Waals surface area contributed by atoms with Gasteiger partial charge in [-0.1, -0.05) is 32.9 Å². The summed E-state index contributed by atoms with van der Waals surface area (Å²) in [7, 11) is 0. The lowest BCUT2D eigenvalue weighted by Crippen LogP contribution is -2.45. The lowest BCUT2D eigenvalue weighted by atomic mass is 9.87. The van der Waals surface area contributed by atoms with Gasteiger partial charge in [-0.3, -0.25) is 4.79 Å². The van der Waals surface area contributed by atoms with Gasteiger partial charge in [-0.15, -0.1) is 0 Å². The second-order valence-electron chi connectivity index (χ2n) is 7.21. The normalized spacial score (nSPS) is 18.1. The number of carbonyl (C=O) groups excluding carboxylic acids is 1. The number of benzene rings is 1. The Morgan fingerprint density at radius 3 is 2.33 bits per heavy atom. The van der Waals surface area contributed by atoms with Gasteiger partial charge in [0.2, 0.25) is 5.91 Å². The van der Waals surface area contributed by atoms with Gasteiger partial charge in [-0.05, 0) is 42.4 Å². The Kier molecular flexibility index (Phi) is 4.38. The minimum atomic E-state index is -0.529. The molecule has 1 unspecified atom stereocenters. The van der Waals surface area contributed by atoms with Crippen molar-refractivity contribution in [3.05, 3.63) is 35.6 Å². The van der Waals surface area contributed by atoms with Crippen molar-refractivity contribution in [2.24, 2.45) is 5.41 Å². The molecule has 0 heterocycles. The second-order valence-corrected chi connectivity index (χ2v) is 7.21. The third-order valence-electron chi connectivity index (χ3n) is 4.00. The van der Waals surface area contributed by atoms with Crippen LogP contribution in [0, 0.1) is 11.2 Å². The first-order chi connectivity index (χ1) is 9.77. The van der Waals surface area contributed by atoms with Gasteiger partial charge >= 0.3 is 0 Å². The van der Waals surface area contributed by atoms with E-state index < -0.39 is 5.41 Å². The van der Waals surface area contributed by atoms with E-state index in [1.165, 1.54) is 12.1 Å².